The third-order valence-corrected chi connectivity index (χ3v) is 3.68. The summed E-state index contributed by atoms with van der Waals surface area (Å²) in [5.74, 6) is 0. The van der Waals surface area contributed by atoms with E-state index in [1.165, 1.54) is 29.3 Å². The molecule has 3 nitrogen and oxygen atoms in total. The van der Waals surface area contributed by atoms with Gasteiger partial charge in [0.25, 0.3) is 0 Å². The Morgan fingerprint density at radius 3 is 2.85 bits per heavy atom. The lowest BCUT2D eigenvalue weighted by Gasteiger charge is -2.19. The summed E-state index contributed by atoms with van der Waals surface area (Å²) in [6.07, 6.45) is 5.02. The van der Waals surface area contributed by atoms with Crippen molar-refractivity contribution < 1.29 is 0 Å². The SMILES string of the molecule is CCCN(CC)CCNCc1cccc2cnccc12. The Kier molecular flexibility index (Phi) is 5.96. The van der Waals surface area contributed by atoms with Gasteiger partial charge in [0.15, 0.2) is 0 Å². The maximum atomic E-state index is 4.18. The highest BCUT2D eigenvalue weighted by molar-refractivity contribution is 5.84. The number of likely N-dealkylation sites (N-methyl/N-ethyl adjacent to an activating group) is 1. The van der Waals surface area contributed by atoms with Gasteiger partial charge in [-0.05, 0) is 36.5 Å². The van der Waals surface area contributed by atoms with Crippen LogP contribution < -0.4 is 5.32 Å². The summed E-state index contributed by atoms with van der Waals surface area (Å²) in [6.45, 7) is 9.87. The van der Waals surface area contributed by atoms with Crippen LogP contribution in [0.2, 0.25) is 0 Å². The molecule has 0 radical (unpaired) electrons. The van der Waals surface area contributed by atoms with Gasteiger partial charge in [-0.1, -0.05) is 32.0 Å². The van der Waals surface area contributed by atoms with Crippen LogP contribution in [0.1, 0.15) is 25.8 Å². The van der Waals surface area contributed by atoms with Crippen LogP contribution >= 0.6 is 0 Å². The van der Waals surface area contributed by atoms with E-state index in [-0.39, 0.29) is 0 Å². The van der Waals surface area contributed by atoms with Crippen molar-refractivity contribution in [2.75, 3.05) is 26.2 Å². The van der Waals surface area contributed by atoms with Crippen molar-refractivity contribution in [1.29, 1.82) is 0 Å². The van der Waals surface area contributed by atoms with E-state index in [0.717, 1.165) is 26.2 Å². The largest absolute Gasteiger partial charge is 0.311 e. The fourth-order valence-electron chi connectivity index (χ4n) is 2.55. The third kappa shape index (κ3) is 4.02. The van der Waals surface area contributed by atoms with Crippen molar-refractivity contribution in [1.82, 2.24) is 15.2 Å². The molecule has 1 N–H and O–H groups in total. The van der Waals surface area contributed by atoms with Gasteiger partial charge >= 0.3 is 0 Å². The minimum Gasteiger partial charge on any atom is -0.311 e. The van der Waals surface area contributed by atoms with Gasteiger partial charge in [-0.25, -0.2) is 0 Å². The predicted octanol–water partition coefficient (Wildman–Crippen LogP) is 3.06. The summed E-state index contributed by atoms with van der Waals surface area (Å²) in [5, 5.41) is 6.07. The molecule has 108 valence electrons. The normalized spacial score (nSPS) is 11.3. The molecule has 1 aromatic carbocycles. The number of benzene rings is 1. The number of pyridine rings is 1. The number of aromatic nitrogens is 1. The smallest absolute Gasteiger partial charge is 0.0346 e. The van der Waals surface area contributed by atoms with Crippen molar-refractivity contribution in [2.45, 2.75) is 26.8 Å². The molecule has 3 heteroatoms. The van der Waals surface area contributed by atoms with Crippen molar-refractivity contribution in [2.24, 2.45) is 0 Å². The molecule has 0 unspecified atom stereocenters. The second-order valence-electron chi connectivity index (χ2n) is 5.12. The molecule has 1 heterocycles. The lowest BCUT2D eigenvalue weighted by Crippen LogP contribution is -2.32. The Morgan fingerprint density at radius 1 is 1.15 bits per heavy atom. The zero-order valence-corrected chi connectivity index (χ0v) is 12.6. The molecule has 0 saturated carbocycles. The quantitative estimate of drug-likeness (QED) is 0.748. The lowest BCUT2D eigenvalue weighted by molar-refractivity contribution is 0.287. The minimum absolute atomic E-state index is 0.922. The van der Waals surface area contributed by atoms with Gasteiger partial charge in [-0.15, -0.1) is 0 Å². The Labute approximate surface area is 122 Å². The maximum Gasteiger partial charge on any atom is 0.0346 e. The molecule has 0 atom stereocenters. The third-order valence-electron chi connectivity index (χ3n) is 3.68. The summed E-state index contributed by atoms with van der Waals surface area (Å²) in [6, 6.07) is 8.52. The molecule has 0 amide bonds. The van der Waals surface area contributed by atoms with Crippen molar-refractivity contribution in [3.8, 4) is 0 Å². The highest BCUT2D eigenvalue weighted by Gasteiger charge is 2.02. The molecular formula is C17H25N3. The minimum atomic E-state index is 0.922. The molecule has 0 aliphatic rings. The molecule has 0 bridgehead atoms. The molecule has 2 aromatic rings. The van der Waals surface area contributed by atoms with Crippen LogP contribution in [0.15, 0.2) is 36.7 Å². The molecule has 1 aromatic heterocycles. The Hall–Kier alpha value is -1.45. The van der Waals surface area contributed by atoms with E-state index in [9.17, 15) is 0 Å². The van der Waals surface area contributed by atoms with Crippen LogP contribution in [-0.2, 0) is 6.54 Å². The van der Waals surface area contributed by atoms with Crippen molar-refractivity contribution in [3.05, 3.63) is 42.2 Å². The molecule has 0 aliphatic carbocycles. The van der Waals surface area contributed by atoms with Crippen LogP contribution in [0.4, 0.5) is 0 Å². The van der Waals surface area contributed by atoms with E-state index in [1.54, 1.807) is 0 Å². The number of nitrogens with one attached hydrogen (secondary N) is 1. The van der Waals surface area contributed by atoms with Crippen molar-refractivity contribution in [3.63, 3.8) is 0 Å². The van der Waals surface area contributed by atoms with E-state index in [0.29, 0.717) is 0 Å². The zero-order chi connectivity index (χ0) is 14.2. The van der Waals surface area contributed by atoms with Crippen LogP contribution in [0.25, 0.3) is 10.8 Å². The molecule has 0 saturated heterocycles. The number of hydrogen-bond acceptors (Lipinski definition) is 3. The Bertz CT molecular complexity index is 519. The van der Waals surface area contributed by atoms with Crippen LogP contribution in [0.5, 0.6) is 0 Å². The number of nitrogens with zero attached hydrogens (tertiary/aromatic N) is 2. The maximum absolute atomic E-state index is 4.18. The van der Waals surface area contributed by atoms with Gasteiger partial charge in [0.05, 0.1) is 0 Å². The average Bonchev–Trinajstić information content (AvgIpc) is 2.50. The molecular weight excluding hydrogens is 246 g/mol. The van der Waals surface area contributed by atoms with Gasteiger partial charge in [-0.2, -0.15) is 0 Å². The molecule has 2 rings (SSSR count). The molecule has 0 aliphatic heterocycles. The topological polar surface area (TPSA) is 28.2 Å². The lowest BCUT2D eigenvalue weighted by atomic mass is 10.1. The van der Waals surface area contributed by atoms with Gasteiger partial charge in [0.1, 0.15) is 0 Å². The highest BCUT2D eigenvalue weighted by atomic mass is 15.1. The number of rotatable bonds is 8. The van der Waals surface area contributed by atoms with Crippen molar-refractivity contribution >= 4 is 10.8 Å². The predicted molar refractivity (Wildman–Crippen MR) is 85.9 cm³/mol. The highest BCUT2D eigenvalue weighted by Crippen LogP contribution is 2.16. The molecule has 0 fully saturated rings. The van der Waals surface area contributed by atoms with E-state index < -0.39 is 0 Å². The Morgan fingerprint density at radius 2 is 2.05 bits per heavy atom. The Balaban J connectivity index is 1.87. The monoisotopic (exact) mass is 271 g/mol. The summed E-state index contributed by atoms with van der Waals surface area (Å²) in [4.78, 5) is 6.66. The first-order chi connectivity index (χ1) is 9.85. The molecule has 20 heavy (non-hydrogen) atoms. The first-order valence-electron chi connectivity index (χ1n) is 7.59. The first-order valence-corrected chi connectivity index (χ1v) is 7.59. The summed E-state index contributed by atoms with van der Waals surface area (Å²) < 4.78 is 0. The average molecular weight is 271 g/mol. The second-order valence-corrected chi connectivity index (χ2v) is 5.12. The summed E-state index contributed by atoms with van der Waals surface area (Å²) in [7, 11) is 0. The zero-order valence-electron chi connectivity index (χ0n) is 12.6. The van der Waals surface area contributed by atoms with E-state index in [2.05, 4.69) is 53.3 Å². The fourth-order valence-corrected chi connectivity index (χ4v) is 2.55. The van der Waals surface area contributed by atoms with Crippen LogP contribution in [0, 0.1) is 0 Å². The second kappa shape index (κ2) is 7.98. The van der Waals surface area contributed by atoms with E-state index in [4.69, 9.17) is 0 Å². The van der Waals surface area contributed by atoms with Crippen LogP contribution in [0.3, 0.4) is 0 Å². The number of hydrogen-bond donors (Lipinski definition) is 1. The van der Waals surface area contributed by atoms with Gasteiger partial charge < -0.3 is 10.2 Å². The van der Waals surface area contributed by atoms with Gasteiger partial charge in [-0.3, -0.25) is 4.98 Å². The van der Waals surface area contributed by atoms with E-state index >= 15 is 0 Å². The summed E-state index contributed by atoms with van der Waals surface area (Å²) in [5.41, 5.74) is 1.35. The van der Waals surface area contributed by atoms with Gasteiger partial charge in [0.2, 0.25) is 0 Å². The summed E-state index contributed by atoms with van der Waals surface area (Å²) >= 11 is 0. The molecule has 0 spiro atoms. The standard InChI is InChI=1S/C17H25N3/c1-3-11-20(4-2)12-10-19-14-16-7-5-6-15-13-18-9-8-17(15)16/h5-9,13,19H,3-4,10-12,14H2,1-2H3. The number of fused-ring (bicyclic) bond motifs is 1. The first kappa shape index (κ1) is 14.9. The fraction of sp³-hybridized carbons (Fsp3) is 0.471. The van der Waals surface area contributed by atoms with Gasteiger partial charge in [0, 0.05) is 37.4 Å². The van der Waals surface area contributed by atoms with Crippen LogP contribution in [-0.4, -0.2) is 36.1 Å². The van der Waals surface area contributed by atoms with E-state index in [1.807, 2.05) is 12.4 Å².